The summed E-state index contributed by atoms with van der Waals surface area (Å²) in [7, 11) is 0. The molecule has 5 nitrogen and oxygen atoms in total. The van der Waals surface area contributed by atoms with E-state index in [1.807, 2.05) is 26.8 Å². The number of aryl methyl sites for hydroxylation is 3. The van der Waals surface area contributed by atoms with Gasteiger partial charge in [0, 0.05) is 5.56 Å². The van der Waals surface area contributed by atoms with Crippen molar-refractivity contribution in [1.82, 2.24) is 10.2 Å². The van der Waals surface area contributed by atoms with Gasteiger partial charge in [0.15, 0.2) is 0 Å². The van der Waals surface area contributed by atoms with Gasteiger partial charge in [0.25, 0.3) is 0 Å². The average Bonchev–Trinajstić information content (AvgIpc) is 3.06. The molecule has 0 fully saturated rings. The van der Waals surface area contributed by atoms with Gasteiger partial charge in [-0.15, -0.1) is 5.10 Å². The third kappa shape index (κ3) is 3.15. The van der Waals surface area contributed by atoms with E-state index in [0.717, 1.165) is 33.4 Å². The molecule has 3 N–H and O–H groups in total. The molecule has 3 aromatic rings. The number of H-pyrrole nitrogens is 1. The van der Waals surface area contributed by atoms with Crippen LogP contribution in [0.15, 0.2) is 41.8 Å². The van der Waals surface area contributed by atoms with Crippen LogP contribution >= 0.6 is 23.2 Å². The molecule has 1 aliphatic rings. The van der Waals surface area contributed by atoms with E-state index in [-0.39, 0.29) is 5.88 Å². The Hall–Kier alpha value is -2.94. The number of nitrogens with zero attached hydrogens (tertiary/aromatic N) is 2. The summed E-state index contributed by atoms with van der Waals surface area (Å²) in [5.41, 5.74) is 13.0. The van der Waals surface area contributed by atoms with Gasteiger partial charge in [0.05, 0.1) is 27.2 Å². The number of aromatic nitrogens is 2. The standard InChI is InChI=1S/C22H18Cl2N4O/c1-10-6-11(2)17(12(3)7-10)18-14(9-25)21(26)29-22-19(18)20(27-28-22)13-4-5-15(23)16(24)8-13/h4-8,18H,26H2,1-3H3,(H,27,28)/t18-/m1/s1. The summed E-state index contributed by atoms with van der Waals surface area (Å²) in [6.07, 6.45) is 0. The van der Waals surface area contributed by atoms with Gasteiger partial charge in [-0.3, -0.25) is 5.10 Å². The quantitative estimate of drug-likeness (QED) is 0.565. The summed E-state index contributed by atoms with van der Waals surface area (Å²) >= 11 is 12.3. The van der Waals surface area contributed by atoms with Crippen LogP contribution in [0.1, 0.15) is 33.7 Å². The van der Waals surface area contributed by atoms with Crippen molar-refractivity contribution in [3.05, 3.63) is 79.7 Å². The van der Waals surface area contributed by atoms with Gasteiger partial charge in [-0.1, -0.05) is 47.0 Å². The van der Waals surface area contributed by atoms with E-state index in [0.29, 0.717) is 27.2 Å². The van der Waals surface area contributed by atoms with Crippen LogP contribution in [0.3, 0.4) is 0 Å². The van der Waals surface area contributed by atoms with Gasteiger partial charge in [0.2, 0.25) is 11.8 Å². The number of hydrogen-bond donors (Lipinski definition) is 2. The van der Waals surface area contributed by atoms with Gasteiger partial charge >= 0.3 is 0 Å². The molecule has 1 atom stereocenters. The lowest BCUT2D eigenvalue weighted by Crippen LogP contribution is -2.22. The first kappa shape index (κ1) is 19.4. The number of hydrogen-bond acceptors (Lipinski definition) is 4. The number of ether oxygens (including phenoxy) is 1. The van der Waals surface area contributed by atoms with Crippen molar-refractivity contribution < 1.29 is 4.74 Å². The Morgan fingerprint density at radius 3 is 2.38 bits per heavy atom. The Morgan fingerprint density at radius 1 is 1.07 bits per heavy atom. The zero-order valence-electron chi connectivity index (χ0n) is 16.1. The number of nitrogens with two attached hydrogens (primary N) is 1. The maximum absolute atomic E-state index is 9.90. The van der Waals surface area contributed by atoms with E-state index in [1.165, 1.54) is 0 Å². The minimum atomic E-state index is -0.410. The van der Waals surface area contributed by atoms with Crippen LogP contribution in [-0.2, 0) is 0 Å². The number of rotatable bonds is 2. The second-order valence-corrected chi connectivity index (χ2v) is 8.00. The molecule has 2 heterocycles. The first-order valence-corrected chi connectivity index (χ1v) is 9.76. The summed E-state index contributed by atoms with van der Waals surface area (Å²) in [4.78, 5) is 0. The molecular weight excluding hydrogens is 407 g/mol. The van der Waals surface area contributed by atoms with E-state index >= 15 is 0 Å². The maximum atomic E-state index is 9.90. The Labute approximate surface area is 178 Å². The number of benzene rings is 2. The van der Waals surface area contributed by atoms with Gasteiger partial charge in [-0.25, -0.2) is 0 Å². The van der Waals surface area contributed by atoms with Crippen LogP contribution in [0.5, 0.6) is 5.88 Å². The number of nitrogens with one attached hydrogen (secondary N) is 1. The zero-order valence-corrected chi connectivity index (χ0v) is 17.6. The molecule has 0 unspecified atom stereocenters. The molecule has 1 aromatic heterocycles. The average molecular weight is 425 g/mol. The highest BCUT2D eigenvalue weighted by Gasteiger charge is 2.37. The fourth-order valence-electron chi connectivity index (χ4n) is 4.05. The minimum Gasteiger partial charge on any atom is -0.420 e. The van der Waals surface area contributed by atoms with Crippen LogP contribution in [0.2, 0.25) is 10.0 Å². The van der Waals surface area contributed by atoms with Crippen molar-refractivity contribution in [2.24, 2.45) is 5.73 Å². The van der Waals surface area contributed by atoms with Crippen molar-refractivity contribution in [2.75, 3.05) is 0 Å². The smallest absolute Gasteiger partial charge is 0.244 e. The summed E-state index contributed by atoms with van der Waals surface area (Å²) in [5.74, 6) is 0.0102. The van der Waals surface area contributed by atoms with Crippen molar-refractivity contribution in [1.29, 1.82) is 5.26 Å². The molecule has 1 aliphatic heterocycles. The first-order chi connectivity index (χ1) is 13.8. The summed E-state index contributed by atoms with van der Waals surface area (Å²) < 4.78 is 5.68. The van der Waals surface area contributed by atoms with E-state index in [9.17, 15) is 5.26 Å². The van der Waals surface area contributed by atoms with Gasteiger partial charge in [-0.05, 0) is 49.6 Å². The van der Waals surface area contributed by atoms with Gasteiger partial charge in [0.1, 0.15) is 11.6 Å². The minimum absolute atomic E-state index is 0.0663. The Bertz CT molecular complexity index is 1200. The van der Waals surface area contributed by atoms with Crippen molar-refractivity contribution in [3.63, 3.8) is 0 Å². The number of fused-ring (bicyclic) bond motifs is 1. The molecule has 29 heavy (non-hydrogen) atoms. The van der Waals surface area contributed by atoms with Crippen molar-refractivity contribution in [3.8, 4) is 23.2 Å². The Balaban J connectivity index is 2.01. The van der Waals surface area contributed by atoms with E-state index in [2.05, 4.69) is 28.4 Å². The molecule has 4 rings (SSSR count). The summed E-state index contributed by atoms with van der Waals surface area (Å²) in [6.45, 7) is 6.12. The number of nitriles is 1. The Morgan fingerprint density at radius 2 is 1.76 bits per heavy atom. The van der Waals surface area contributed by atoms with E-state index in [1.54, 1.807) is 12.1 Å². The molecule has 0 spiro atoms. The fraction of sp³-hybridized carbons (Fsp3) is 0.182. The molecule has 2 aromatic carbocycles. The van der Waals surface area contributed by atoms with Crippen molar-refractivity contribution >= 4 is 23.2 Å². The maximum Gasteiger partial charge on any atom is 0.244 e. The largest absolute Gasteiger partial charge is 0.420 e. The number of aromatic amines is 1. The Kier molecular flexibility index (Phi) is 4.77. The normalized spacial score (nSPS) is 15.7. The third-order valence-electron chi connectivity index (χ3n) is 5.17. The van der Waals surface area contributed by atoms with E-state index in [4.69, 9.17) is 33.7 Å². The zero-order chi connectivity index (χ0) is 20.9. The molecule has 7 heteroatoms. The molecular formula is C22H18Cl2N4O. The van der Waals surface area contributed by atoms with Crippen LogP contribution < -0.4 is 10.5 Å². The second kappa shape index (κ2) is 7.14. The molecule has 0 bridgehead atoms. The first-order valence-electron chi connectivity index (χ1n) is 9.00. The third-order valence-corrected chi connectivity index (χ3v) is 5.91. The summed E-state index contributed by atoms with van der Waals surface area (Å²) in [6, 6.07) is 11.8. The molecule has 0 amide bonds. The number of allylic oxidation sites excluding steroid dienone is 1. The van der Waals surface area contributed by atoms with Gasteiger partial charge < -0.3 is 10.5 Å². The highest BCUT2D eigenvalue weighted by atomic mass is 35.5. The predicted molar refractivity (Wildman–Crippen MR) is 114 cm³/mol. The predicted octanol–water partition coefficient (Wildman–Crippen LogP) is 5.53. The summed E-state index contributed by atoms with van der Waals surface area (Å²) in [5, 5.41) is 18.1. The highest BCUT2D eigenvalue weighted by Crippen LogP contribution is 2.47. The lowest BCUT2D eigenvalue weighted by atomic mass is 9.79. The van der Waals surface area contributed by atoms with E-state index < -0.39 is 5.92 Å². The van der Waals surface area contributed by atoms with Gasteiger partial charge in [-0.2, -0.15) is 5.26 Å². The fourth-order valence-corrected chi connectivity index (χ4v) is 4.35. The molecule has 146 valence electrons. The van der Waals surface area contributed by atoms with Crippen LogP contribution in [0.25, 0.3) is 11.3 Å². The van der Waals surface area contributed by atoms with Crippen LogP contribution in [-0.4, -0.2) is 10.2 Å². The lowest BCUT2D eigenvalue weighted by molar-refractivity contribution is 0.379. The molecule has 0 saturated carbocycles. The molecule has 0 saturated heterocycles. The molecule has 0 aliphatic carbocycles. The highest BCUT2D eigenvalue weighted by molar-refractivity contribution is 6.42. The van der Waals surface area contributed by atoms with Crippen LogP contribution in [0, 0.1) is 32.1 Å². The SMILES string of the molecule is Cc1cc(C)c([C@H]2C(C#N)=C(N)Oc3n[nH]c(-c4ccc(Cl)c(Cl)c4)c32)c(C)c1. The van der Waals surface area contributed by atoms with Crippen LogP contribution in [0.4, 0.5) is 0 Å². The second-order valence-electron chi connectivity index (χ2n) is 7.18. The monoisotopic (exact) mass is 424 g/mol. The topological polar surface area (TPSA) is 87.7 Å². The van der Waals surface area contributed by atoms with Crippen molar-refractivity contribution in [2.45, 2.75) is 26.7 Å². The number of halogens is 2. The molecule has 0 radical (unpaired) electrons. The lowest BCUT2D eigenvalue weighted by Gasteiger charge is -2.27.